The first-order chi connectivity index (χ1) is 7.20. The Kier molecular flexibility index (Phi) is 3.23. The Morgan fingerprint density at radius 2 is 2.27 bits per heavy atom. The summed E-state index contributed by atoms with van der Waals surface area (Å²) in [6.45, 7) is 2.60. The molecule has 2 aliphatic rings. The molecule has 0 aromatic rings. The predicted molar refractivity (Wildman–Crippen MR) is 54.3 cm³/mol. The van der Waals surface area contributed by atoms with Crippen molar-refractivity contribution in [3.63, 3.8) is 0 Å². The summed E-state index contributed by atoms with van der Waals surface area (Å²) in [6, 6.07) is 0. The van der Waals surface area contributed by atoms with Gasteiger partial charge in [0.05, 0.1) is 18.3 Å². The third-order valence-corrected chi connectivity index (χ3v) is 3.15. The van der Waals surface area contributed by atoms with Crippen molar-refractivity contribution < 1.29 is 14.3 Å². The molecule has 0 aromatic carbocycles. The summed E-state index contributed by atoms with van der Waals surface area (Å²) in [5, 5.41) is 3.31. The Morgan fingerprint density at radius 1 is 1.53 bits per heavy atom. The van der Waals surface area contributed by atoms with Crippen LogP contribution >= 0.6 is 0 Å². The lowest BCUT2D eigenvalue weighted by molar-refractivity contribution is -0.124. The summed E-state index contributed by atoms with van der Waals surface area (Å²) in [4.78, 5) is 10.6. The van der Waals surface area contributed by atoms with E-state index in [1.807, 2.05) is 0 Å². The number of rotatable bonds is 3. The van der Waals surface area contributed by atoms with E-state index in [0.29, 0.717) is 6.61 Å². The van der Waals surface area contributed by atoms with E-state index in [4.69, 9.17) is 15.2 Å². The van der Waals surface area contributed by atoms with Crippen LogP contribution in [0, 0.1) is 0 Å². The number of nitrogens with one attached hydrogen (secondary N) is 1. The van der Waals surface area contributed by atoms with Crippen molar-refractivity contribution in [1.82, 2.24) is 5.32 Å². The minimum atomic E-state index is -0.415. The Labute approximate surface area is 89.3 Å². The lowest BCUT2D eigenvalue weighted by atomic mass is 9.89. The van der Waals surface area contributed by atoms with Gasteiger partial charge in [0.1, 0.15) is 6.61 Å². The zero-order chi connectivity index (χ0) is 10.7. The summed E-state index contributed by atoms with van der Waals surface area (Å²) in [5.41, 5.74) is 5.02. The molecule has 0 saturated carbocycles. The van der Waals surface area contributed by atoms with Gasteiger partial charge in [-0.15, -0.1) is 0 Å². The number of amides is 1. The van der Waals surface area contributed by atoms with Gasteiger partial charge in [-0.1, -0.05) is 0 Å². The van der Waals surface area contributed by atoms with Crippen molar-refractivity contribution in [2.45, 2.75) is 31.0 Å². The third-order valence-electron chi connectivity index (χ3n) is 3.15. The molecular formula is C10H18N2O3. The van der Waals surface area contributed by atoms with Gasteiger partial charge >= 0.3 is 0 Å². The zero-order valence-corrected chi connectivity index (χ0v) is 8.83. The van der Waals surface area contributed by atoms with Crippen molar-refractivity contribution in [3.05, 3.63) is 0 Å². The average molecular weight is 214 g/mol. The number of carbonyl (C=O) groups is 1. The fourth-order valence-electron chi connectivity index (χ4n) is 2.34. The molecule has 1 atom stereocenters. The molecule has 5 heteroatoms. The molecule has 5 nitrogen and oxygen atoms in total. The topological polar surface area (TPSA) is 73.6 Å². The van der Waals surface area contributed by atoms with Gasteiger partial charge < -0.3 is 20.5 Å². The fraction of sp³-hybridized carbons (Fsp3) is 0.900. The first kappa shape index (κ1) is 10.9. The number of carbonyl (C=O) groups excluding carboxylic acids is 1. The molecule has 3 N–H and O–H groups in total. The highest BCUT2D eigenvalue weighted by Gasteiger charge is 2.41. The van der Waals surface area contributed by atoms with Gasteiger partial charge in [-0.2, -0.15) is 0 Å². The molecule has 1 amide bonds. The maximum atomic E-state index is 10.6. The van der Waals surface area contributed by atoms with Crippen LogP contribution in [-0.4, -0.2) is 43.9 Å². The number of ether oxygens (including phenoxy) is 2. The average Bonchev–Trinajstić information content (AvgIpc) is 2.60. The molecule has 2 aliphatic heterocycles. The lowest BCUT2D eigenvalue weighted by Gasteiger charge is -2.32. The van der Waals surface area contributed by atoms with Gasteiger partial charge in [0.15, 0.2) is 0 Å². The normalized spacial score (nSPS) is 29.5. The minimum absolute atomic E-state index is 0.00234. The molecule has 2 heterocycles. The van der Waals surface area contributed by atoms with Crippen LogP contribution < -0.4 is 11.1 Å². The van der Waals surface area contributed by atoms with Gasteiger partial charge in [-0.05, 0) is 25.9 Å². The monoisotopic (exact) mass is 214 g/mol. The molecule has 2 fully saturated rings. The standard InChI is InChI=1S/C10H18N2O3/c11-9(13)7-14-8-5-10(15-6-8)1-3-12-4-2-10/h8,12H,1-7H2,(H2,11,13). The number of piperidine rings is 1. The molecule has 0 radical (unpaired) electrons. The van der Waals surface area contributed by atoms with E-state index in [-0.39, 0.29) is 18.3 Å². The van der Waals surface area contributed by atoms with Gasteiger partial charge in [-0.25, -0.2) is 0 Å². The largest absolute Gasteiger partial charge is 0.372 e. The van der Waals surface area contributed by atoms with E-state index in [0.717, 1.165) is 32.4 Å². The Bertz CT molecular complexity index is 239. The third kappa shape index (κ3) is 2.68. The van der Waals surface area contributed by atoms with Gasteiger partial charge in [0.2, 0.25) is 5.91 Å². The highest BCUT2D eigenvalue weighted by Crippen LogP contribution is 2.34. The molecule has 2 saturated heterocycles. The van der Waals surface area contributed by atoms with Crippen LogP contribution in [0.4, 0.5) is 0 Å². The second-order valence-electron chi connectivity index (χ2n) is 4.35. The molecule has 1 unspecified atom stereocenters. The van der Waals surface area contributed by atoms with Crippen LogP contribution in [0.5, 0.6) is 0 Å². The van der Waals surface area contributed by atoms with Crippen LogP contribution in [-0.2, 0) is 14.3 Å². The Balaban J connectivity index is 1.80. The van der Waals surface area contributed by atoms with Crippen molar-refractivity contribution in [2.75, 3.05) is 26.3 Å². The number of hydrogen-bond donors (Lipinski definition) is 2. The minimum Gasteiger partial charge on any atom is -0.372 e. The molecule has 0 aromatic heterocycles. The number of hydrogen-bond acceptors (Lipinski definition) is 4. The van der Waals surface area contributed by atoms with Crippen molar-refractivity contribution in [1.29, 1.82) is 0 Å². The molecular weight excluding hydrogens is 196 g/mol. The first-order valence-electron chi connectivity index (χ1n) is 5.45. The van der Waals surface area contributed by atoms with E-state index in [1.165, 1.54) is 0 Å². The van der Waals surface area contributed by atoms with Crippen LogP contribution in [0.2, 0.25) is 0 Å². The highest BCUT2D eigenvalue weighted by atomic mass is 16.6. The van der Waals surface area contributed by atoms with Crippen molar-refractivity contribution in [2.24, 2.45) is 5.73 Å². The summed E-state index contributed by atoms with van der Waals surface area (Å²) in [6.07, 6.45) is 2.99. The van der Waals surface area contributed by atoms with E-state index >= 15 is 0 Å². The number of nitrogens with two attached hydrogens (primary N) is 1. The van der Waals surface area contributed by atoms with Gasteiger partial charge in [0, 0.05) is 6.42 Å². The van der Waals surface area contributed by atoms with Gasteiger partial charge in [0.25, 0.3) is 0 Å². The van der Waals surface area contributed by atoms with E-state index < -0.39 is 5.91 Å². The van der Waals surface area contributed by atoms with E-state index in [2.05, 4.69) is 5.32 Å². The summed E-state index contributed by atoms with van der Waals surface area (Å²) < 4.78 is 11.2. The van der Waals surface area contributed by atoms with Crippen LogP contribution in [0.1, 0.15) is 19.3 Å². The summed E-state index contributed by atoms with van der Waals surface area (Å²) in [7, 11) is 0. The quantitative estimate of drug-likeness (QED) is 0.658. The van der Waals surface area contributed by atoms with Crippen molar-refractivity contribution in [3.8, 4) is 0 Å². The van der Waals surface area contributed by atoms with E-state index in [9.17, 15) is 4.79 Å². The Morgan fingerprint density at radius 3 is 2.93 bits per heavy atom. The molecule has 0 aliphatic carbocycles. The second-order valence-corrected chi connectivity index (χ2v) is 4.35. The highest BCUT2D eigenvalue weighted by molar-refractivity contribution is 5.75. The second kappa shape index (κ2) is 4.47. The first-order valence-corrected chi connectivity index (χ1v) is 5.45. The molecule has 86 valence electrons. The smallest absolute Gasteiger partial charge is 0.243 e. The van der Waals surface area contributed by atoms with Crippen LogP contribution in [0.25, 0.3) is 0 Å². The van der Waals surface area contributed by atoms with Crippen molar-refractivity contribution >= 4 is 5.91 Å². The maximum absolute atomic E-state index is 10.6. The molecule has 2 rings (SSSR count). The fourth-order valence-corrected chi connectivity index (χ4v) is 2.34. The SMILES string of the molecule is NC(=O)COC1COC2(CCNCC2)C1. The maximum Gasteiger partial charge on any atom is 0.243 e. The predicted octanol–water partition coefficient (Wildman–Crippen LogP) is -0.601. The zero-order valence-electron chi connectivity index (χ0n) is 8.83. The molecule has 0 bridgehead atoms. The summed E-state index contributed by atoms with van der Waals surface area (Å²) in [5.74, 6) is -0.415. The lowest BCUT2D eigenvalue weighted by Crippen LogP contribution is -2.41. The Hall–Kier alpha value is -0.650. The summed E-state index contributed by atoms with van der Waals surface area (Å²) >= 11 is 0. The van der Waals surface area contributed by atoms with Crippen LogP contribution in [0.15, 0.2) is 0 Å². The molecule has 15 heavy (non-hydrogen) atoms. The van der Waals surface area contributed by atoms with Crippen LogP contribution in [0.3, 0.4) is 0 Å². The molecule has 1 spiro atoms. The number of primary amides is 1. The van der Waals surface area contributed by atoms with E-state index in [1.54, 1.807) is 0 Å². The van der Waals surface area contributed by atoms with Gasteiger partial charge in [-0.3, -0.25) is 4.79 Å².